The molecule has 0 amide bonds. The number of fused-ring (bicyclic) bond motifs is 1. The van der Waals surface area contributed by atoms with Gasteiger partial charge in [-0.25, -0.2) is 4.98 Å². The second kappa shape index (κ2) is 5.09. The molecule has 0 saturated carbocycles. The zero-order valence-corrected chi connectivity index (χ0v) is 9.35. The van der Waals surface area contributed by atoms with Gasteiger partial charge in [0.1, 0.15) is 5.52 Å². The molecule has 0 aliphatic heterocycles. The first kappa shape index (κ1) is 11.1. The summed E-state index contributed by atoms with van der Waals surface area (Å²) in [6.07, 6.45) is 1.73. The first-order chi connectivity index (χ1) is 7.81. The number of ether oxygens (including phenoxy) is 1. The van der Waals surface area contributed by atoms with Crippen molar-refractivity contribution in [3.8, 4) is 0 Å². The van der Waals surface area contributed by atoms with Crippen LogP contribution in [-0.2, 0) is 4.74 Å². The van der Waals surface area contributed by atoms with Gasteiger partial charge in [0.25, 0.3) is 0 Å². The predicted molar refractivity (Wildman–Crippen MR) is 62.0 cm³/mol. The molecule has 2 N–H and O–H groups in total. The molecular weight excluding hydrogens is 204 g/mol. The van der Waals surface area contributed by atoms with Gasteiger partial charge in [-0.2, -0.15) is 0 Å². The van der Waals surface area contributed by atoms with E-state index in [-0.39, 0.29) is 6.04 Å². The molecule has 1 unspecified atom stereocenters. The number of oxazole rings is 1. The zero-order valence-electron chi connectivity index (χ0n) is 9.35. The number of nitrogens with zero attached hydrogens (tertiary/aromatic N) is 1. The highest BCUT2D eigenvalue weighted by Gasteiger charge is 2.13. The van der Waals surface area contributed by atoms with Crippen molar-refractivity contribution in [3.05, 3.63) is 30.2 Å². The van der Waals surface area contributed by atoms with Crippen LogP contribution < -0.4 is 5.73 Å². The van der Waals surface area contributed by atoms with Crippen molar-refractivity contribution in [1.29, 1.82) is 0 Å². The average Bonchev–Trinajstić information content (AvgIpc) is 2.73. The van der Waals surface area contributed by atoms with Crippen LogP contribution in [0.15, 0.2) is 28.7 Å². The molecule has 0 radical (unpaired) electrons. The summed E-state index contributed by atoms with van der Waals surface area (Å²) in [6, 6.07) is 7.53. The highest BCUT2D eigenvalue weighted by molar-refractivity contribution is 5.72. The third-order valence-corrected chi connectivity index (χ3v) is 2.49. The summed E-state index contributed by atoms with van der Waals surface area (Å²) in [5, 5.41) is 0. The van der Waals surface area contributed by atoms with E-state index < -0.39 is 0 Å². The maximum Gasteiger partial charge on any atom is 0.212 e. The molecule has 16 heavy (non-hydrogen) atoms. The minimum atomic E-state index is -0.150. The number of nitrogens with two attached hydrogens (primary N) is 1. The molecule has 4 heteroatoms. The van der Waals surface area contributed by atoms with E-state index in [4.69, 9.17) is 14.9 Å². The SMILES string of the molecule is COCCCC(N)c1nc2ccccc2o1. The molecule has 1 aromatic carbocycles. The highest BCUT2D eigenvalue weighted by atomic mass is 16.5. The lowest BCUT2D eigenvalue weighted by atomic mass is 10.2. The minimum Gasteiger partial charge on any atom is -0.439 e. The van der Waals surface area contributed by atoms with E-state index in [1.54, 1.807) is 7.11 Å². The Morgan fingerprint density at radius 3 is 3.00 bits per heavy atom. The fourth-order valence-corrected chi connectivity index (χ4v) is 1.62. The van der Waals surface area contributed by atoms with Gasteiger partial charge in [-0.05, 0) is 25.0 Å². The number of rotatable bonds is 5. The molecule has 0 saturated heterocycles. The molecule has 2 aromatic rings. The Hall–Kier alpha value is -1.39. The Balaban J connectivity index is 2.07. The quantitative estimate of drug-likeness (QED) is 0.785. The van der Waals surface area contributed by atoms with Crippen molar-refractivity contribution in [1.82, 2.24) is 4.98 Å². The Morgan fingerprint density at radius 1 is 1.44 bits per heavy atom. The standard InChI is InChI=1S/C12H16N2O2/c1-15-8-4-5-9(13)12-14-10-6-2-3-7-11(10)16-12/h2-3,6-7,9H,4-5,8,13H2,1H3. The van der Waals surface area contributed by atoms with Crippen LogP contribution >= 0.6 is 0 Å². The summed E-state index contributed by atoms with van der Waals surface area (Å²) in [5.74, 6) is 0.609. The van der Waals surface area contributed by atoms with Gasteiger partial charge in [-0.15, -0.1) is 0 Å². The fraction of sp³-hybridized carbons (Fsp3) is 0.417. The number of hydrogen-bond acceptors (Lipinski definition) is 4. The van der Waals surface area contributed by atoms with Crippen LogP contribution in [0.25, 0.3) is 11.1 Å². The lowest BCUT2D eigenvalue weighted by Gasteiger charge is -2.05. The topological polar surface area (TPSA) is 61.3 Å². The number of aromatic nitrogens is 1. The molecular formula is C12H16N2O2. The second-order valence-corrected chi connectivity index (χ2v) is 3.76. The van der Waals surface area contributed by atoms with E-state index in [0.717, 1.165) is 23.9 Å². The summed E-state index contributed by atoms with van der Waals surface area (Å²) in [6.45, 7) is 0.716. The molecule has 0 fully saturated rings. The summed E-state index contributed by atoms with van der Waals surface area (Å²) < 4.78 is 10.6. The monoisotopic (exact) mass is 220 g/mol. The van der Waals surface area contributed by atoms with Crippen LogP contribution in [0.2, 0.25) is 0 Å². The van der Waals surface area contributed by atoms with Crippen molar-refractivity contribution in [3.63, 3.8) is 0 Å². The van der Waals surface area contributed by atoms with Gasteiger partial charge in [-0.3, -0.25) is 0 Å². The van der Waals surface area contributed by atoms with Gasteiger partial charge in [0.15, 0.2) is 5.58 Å². The van der Waals surface area contributed by atoms with Crippen molar-refractivity contribution in [2.75, 3.05) is 13.7 Å². The van der Waals surface area contributed by atoms with Crippen molar-refractivity contribution in [2.45, 2.75) is 18.9 Å². The lowest BCUT2D eigenvalue weighted by Crippen LogP contribution is -2.11. The zero-order chi connectivity index (χ0) is 11.4. The average molecular weight is 220 g/mol. The Bertz CT molecular complexity index is 420. The molecule has 1 heterocycles. The number of hydrogen-bond donors (Lipinski definition) is 1. The van der Waals surface area contributed by atoms with Crippen molar-refractivity contribution >= 4 is 11.1 Å². The van der Waals surface area contributed by atoms with E-state index in [1.165, 1.54) is 0 Å². The third-order valence-electron chi connectivity index (χ3n) is 2.49. The second-order valence-electron chi connectivity index (χ2n) is 3.76. The molecule has 1 atom stereocenters. The van der Waals surface area contributed by atoms with Gasteiger partial charge < -0.3 is 14.9 Å². The maximum atomic E-state index is 5.99. The van der Waals surface area contributed by atoms with Crippen LogP contribution in [0.1, 0.15) is 24.8 Å². The molecule has 1 aromatic heterocycles. The molecule has 4 nitrogen and oxygen atoms in total. The molecule has 0 aliphatic carbocycles. The number of benzene rings is 1. The van der Waals surface area contributed by atoms with E-state index in [1.807, 2.05) is 24.3 Å². The Morgan fingerprint density at radius 2 is 2.25 bits per heavy atom. The fourth-order valence-electron chi connectivity index (χ4n) is 1.62. The van der Waals surface area contributed by atoms with Crippen LogP contribution in [0, 0.1) is 0 Å². The first-order valence-corrected chi connectivity index (χ1v) is 5.41. The summed E-state index contributed by atoms with van der Waals surface area (Å²) in [5.41, 5.74) is 7.64. The van der Waals surface area contributed by atoms with Crippen LogP contribution in [0.5, 0.6) is 0 Å². The molecule has 2 rings (SSSR count). The predicted octanol–water partition coefficient (Wildman–Crippen LogP) is 2.25. The van der Waals surface area contributed by atoms with Gasteiger partial charge in [0.2, 0.25) is 5.89 Å². The van der Waals surface area contributed by atoms with Crippen LogP contribution in [0.4, 0.5) is 0 Å². The third kappa shape index (κ3) is 2.40. The smallest absolute Gasteiger partial charge is 0.212 e. The van der Waals surface area contributed by atoms with Crippen LogP contribution in [-0.4, -0.2) is 18.7 Å². The van der Waals surface area contributed by atoms with E-state index in [0.29, 0.717) is 12.5 Å². The number of methoxy groups -OCH3 is 1. The summed E-state index contributed by atoms with van der Waals surface area (Å²) in [7, 11) is 1.69. The molecule has 0 aliphatic rings. The lowest BCUT2D eigenvalue weighted by molar-refractivity contribution is 0.189. The van der Waals surface area contributed by atoms with Crippen LogP contribution in [0.3, 0.4) is 0 Å². The van der Waals surface area contributed by atoms with E-state index in [9.17, 15) is 0 Å². The van der Waals surface area contributed by atoms with Gasteiger partial charge in [0.05, 0.1) is 6.04 Å². The molecule has 0 spiro atoms. The Labute approximate surface area is 94.4 Å². The summed E-state index contributed by atoms with van der Waals surface area (Å²) >= 11 is 0. The van der Waals surface area contributed by atoms with Crippen molar-refractivity contribution < 1.29 is 9.15 Å². The normalized spacial score (nSPS) is 13.1. The van der Waals surface area contributed by atoms with E-state index >= 15 is 0 Å². The maximum absolute atomic E-state index is 5.99. The van der Waals surface area contributed by atoms with Gasteiger partial charge in [-0.1, -0.05) is 12.1 Å². The van der Waals surface area contributed by atoms with E-state index in [2.05, 4.69) is 4.98 Å². The van der Waals surface area contributed by atoms with Gasteiger partial charge in [0, 0.05) is 13.7 Å². The molecule has 86 valence electrons. The van der Waals surface area contributed by atoms with Gasteiger partial charge >= 0.3 is 0 Å². The van der Waals surface area contributed by atoms with Crippen molar-refractivity contribution in [2.24, 2.45) is 5.73 Å². The Kier molecular flexibility index (Phi) is 3.54. The first-order valence-electron chi connectivity index (χ1n) is 5.41. The summed E-state index contributed by atoms with van der Waals surface area (Å²) in [4.78, 5) is 4.36. The number of para-hydroxylation sites is 2. The molecule has 0 bridgehead atoms. The minimum absolute atomic E-state index is 0.150. The highest BCUT2D eigenvalue weighted by Crippen LogP contribution is 2.21. The largest absolute Gasteiger partial charge is 0.439 e.